The molecule has 0 saturated heterocycles. The highest BCUT2D eigenvalue weighted by atomic mass is 16.6. The molecule has 0 radical (unpaired) electrons. The summed E-state index contributed by atoms with van der Waals surface area (Å²) in [5.41, 5.74) is 0. The van der Waals surface area contributed by atoms with Crippen LogP contribution in [0.1, 0.15) is 245 Å². The number of allylic oxidation sites excluding steroid dienone is 14. The second-order valence-electron chi connectivity index (χ2n) is 17.2. The van der Waals surface area contributed by atoms with Crippen LogP contribution >= 0.6 is 0 Å². The Morgan fingerprint density at radius 2 is 0.645 bits per heavy atom. The molecule has 0 aliphatic heterocycles. The van der Waals surface area contributed by atoms with Gasteiger partial charge in [-0.15, -0.1) is 0 Å². The Bertz CT molecular complexity index is 1160. The van der Waals surface area contributed by atoms with Crippen LogP contribution in [0.3, 0.4) is 0 Å². The molecule has 0 fully saturated rings. The van der Waals surface area contributed by atoms with Crippen LogP contribution in [0, 0.1) is 0 Å². The molecule has 0 amide bonds. The van der Waals surface area contributed by atoms with Gasteiger partial charge in [0.05, 0.1) is 6.61 Å². The van der Waals surface area contributed by atoms with E-state index in [4.69, 9.17) is 9.47 Å². The lowest BCUT2D eigenvalue weighted by Crippen LogP contribution is -2.28. The van der Waals surface area contributed by atoms with Gasteiger partial charge in [0.25, 0.3) is 0 Å². The smallest absolute Gasteiger partial charge is 0.306 e. The number of hydrogen-bond donors (Lipinski definition) is 1. The highest BCUT2D eigenvalue weighted by Crippen LogP contribution is 2.16. The van der Waals surface area contributed by atoms with Gasteiger partial charge in [-0.2, -0.15) is 0 Å². The zero-order valence-corrected chi connectivity index (χ0v) is 40.6. The van der Waals surface area contributed by atoms with Crippen molar-refractivity contribution in [2.45, 2.75) is 251 Å². The van der Waals surface area contributed by atoms with Gasteiger partial charge in [0.1, 0.15) is 6.61 Å². The van der Waals surface area contributed by atoms with Crippen molar-refractivity contribution in [1.29, 1.82) is 0 Å². The van der Waals surface area contributed by atoms with E-state index in [1.165, 1.54) is 122 Å². The number of carbonyl (C=O) groups excluding carboxylic acids is 2. The first-order valence-electron chi connectivity index (χ1n) is 26.1. The van der Waals surface area contributed by atoms with E-state index >= 15 is 0 Å². The standard InChI is InChI=1S/C57H98O5/c1-3-5-7-9-11-13-15-17-19-20-21-22-23-24-25-26-27-28-29-30-31-32-33-34-35-36-38-40-42-44-46-48-50-52-57(60)62-55(53-58)54-61-56(59)51-49-47-45-43-41-39-37-18-16-14-12-10-8-6-4-2/h5-8,11-14,17-19,21-22,37,55,58H,3-4,9-10,15-16,20,23-36,38-54H2,1-2H3/b7-5-,8-6-,13-11-,14-12-,19-17-,22-21-,37-18-. The van der Waals surface area contributed by atoms with Gasteiger partial charge in [-0.3, -0.25) is 9.59 Å². The molecule has 0 heterocycles. The SMILES string of the molecule is CC/C=C\C/C=C\C/C=C\C/C=C\CCCCCCCCCCCCCCCCCCCCCCC(=O)OC(CO)COC(=O)CCCCCCC/C=C\C/C=C\C/C=C\CC. The van der Waals surface area contributed by atoms with Crippen LogP contribution in [-0.4, -0.2) is 36.4 Å². The first kappa shape index (κ1) is 59.1. The van der Waals surface area contributed by atoms with Crippen LogP contribution in [0.15, 0.2) is 85.1 Å². The summed E-state index contributed by atoms with van der Waals surface area (Å²) >= 11 is 0. The van der Waals surface area contributed by atoms with Crippen molar-refractivity contribution in [1.82, 2.24) is 0 Å². The van der Waals surface area contributed by atoms with Gasteiger partial charge < -0.3 is 14.6 Å². The molecule has 0 aromatic heterocycles. The summed E-state index contributed by atoms with van der Waals surface area (Å²) in [6.07, 6.45) is 72.7. The maximum Gasteiger partial charge on any atom is 0.306 e. The van der Waals surface area contributed by atoms with E-state index in [0.717, 1.165) is 96.3 Å². The van der Waals surface area contributed by atoms with E-state index in [1.807, 2.05) is 0 Å². The fraction of sp³-hybridized carbons (Fsp3) is 0.719. The third-order valence-corrected chi connectivity index (χ3v) is 11.2. The van der Waals surface area contributed by atoms with Crippen LogP contribution in [0.2, 0.25) is 0 Å². The predicted molar refractivity (Wildman–Crippen MR) is 269 cm³/mol. The highest BCUT2D eigenvalue weighted by Gasteiger charge is 2.16. The lowest BCUT2D eigenvalue weighted by atomic mass is 10.0. The Hall–Kier alpha value is -2.92. The summed E-state index contributed by atoms with van der Waals surface area (Å²) in [5, 5.41) is 9.62. The van der Waals surface area contributed by atoms with Crippen molar-refractivity contribution in [3.8, 4) is 0 Å². The fourth-order valence-electron chi connectivity index (χ4n) is 7.33. The van der Waals surface area contributed by atoms with Crippen molar-refractivity contribution in [3.63, 3.8) is 0 Å². The minimum Gasteiger partial charge on any atom is -0.462 e. The molecule has 0 saturated carbocycles. The number of unbranched alkanes of at least 4 members (excludes halogenated alkanes) is 25. The Balaban J connectivity index is 3.45. The second kappa shape index (κ2) is 52.4. The van der Waals surface area contributed by atoms with Gasteiger partial charge in [-0.1, -0.05) is 234 Å². The summed E-state index contributed by atoms with van der Waals surface area (Å²) in [4.78, 5) is 24.4. The number of carbonyl (C=O) groups is 2. The summed E-state index contributed by atoms with van der Waals surface area (Å²) in [5.74, 6) is -0.607. The van der Waals surface area contributed by atoms with E-state index in [1.54, 1.807) is 0 Å². The van der Waals surface area contributed by atoms with Crippen molar-refractivity contribution in [2.24, 2.45) is 0 Å². The Morgan fingerprint density at radius 3 is 0.968 bits per heavy atom. The molecule has 62 heavy (non-hydrogen) atoms. The molecule has 1 N–H and O–H groups in total. The number of esters is 2. The predicted octanol–water partition coefficient (Wildman–Crippen LogP) is 17.4. The molecule has 0 spiro atoms. The summed E-state index contributed by atoms with van der Waals surface area (Å²) < 4.78 is 10.7. The Labute approximate surface area is 384 Å². The average molecular weight is 863 g/mol. The van der Waals surface area contributed by atoms with E-state index in [0.29, 0.717) is 12.8 Å². The first-order chi connectivity index (χ1) is 30.6. The number of aliphatic hydroxyl groups is 1. The number of aliphatic hydroxyl groups excluding tert-OH is 1. The molecular weight excluding hydrogens is 765 g/mol. The molecule has 0 rings (SSSR count). The van der Waals surface area contributed by atoms with Gasteiger partial charge in [-0.05, 0) is 83.5 Å². The van der Waals surface area contributed by atoms with Crippen LogP contribution in [0.5, 0.6) is 0 Å². The number of rotatable bonds is 47. The quantitative estimate of drug-likeness (QED) is 0.0375. The van der Waals surface area contributed by atoms with Crippen LogP contribution in [0.4, 0.5) is 0 Å². The molecule has 0 aromatic rings. The Morgan fingerprint density at radius 1 is 0.371 bits per heavy atom. The molecule has 0 aliphatic rings. The molecule has 1 atom stereocenters. The molecular formula is C57H98O5. The number of ether oxygens (including phenoxy) is 2. The van der Waals surface area contributed by atoms with Gasteiger partial charge in [0.15, 0.2) is 6.10 Å². The monoisotopic (exact) mass is 863 g/mol. The molecule has 1 unspecified atom stereocenters. The van der Waals surface area contributed by atoms with Crippen molar-refractivity contribution in [3.05, 3.63) is 85.1 Å². The molecule has 0 bridgehead atoms. The maximum atomic E-state index is 12.3. The van der Waals surface area contributed by atoms with Crippen LogP contribution in [0.25, 0.3) is 0 Å². The molecule has 356 valence electrons. The van der Waals surface area contributed by atoms with E-state index in [2.05, 4.69) is 98.9 Å². The minimum absolute atomic E-state index is 0.0758. The van der Waals surface area contributed by atoms with Gasteiger partial charge in [-0.25, -0.2) is 0 Å². The molecule has 0 aliphatic carbocycles. The molecule has 0 aromatic carbocycles. The largest absolute Gasteiger partial charge is 0.462 e. The van der Waals surface area contributed by atoms with Crippen molar-refractivity contribution < 1.29 is 24.2 Å². The van der Waals surface area contributed by atoms with Crippen molar-refractivity contribution >= 4 is 11.9 Å². The van der Waals surface area contributed by atoms with E-state index in [9.17, 15) is 14.7 Å². The highest BCUT2D eigenvalue weighted by molar-refractivity contribution is 5.70. The van der Waals surface area contributed by atoms with E-state index in [-0.39, 0.29) is 25.2 Å². The zero-order chi connectivity index (χ0) is 44.9. The van der Waals surface area contributed by atoms with Gasteiger partial charge in [0.2, 0.25) is 0 Å². The maximum absolute atomic E-state index is 12.3. The van der Waals surface area contributed by atoms with E-state index < -0.39 is 6.10 Å². The fourth-order valence-corrected chi connectivity index (χ4v) is 7.33. The zero-order valence-electron chi connectivity index (χ0n) is 40.6. The Kier molecular flexibility index (Phi) is 50.0. The lowest BCUT2D eigenvalue weighted by Gasteiger charge is -2.15. The van der Waals surface area contributed by atoms with Crippen LogP contribution in [-0.2, 0) is 19.1 Å². The average Bonchev–Trinajstić information content (AvgIpc) is 3.28. The normalized spacial score (nSPS) is 12.9. The number of hydrogen-bond acceptors (Lipinski definition) is 5. The van der Waals surface area contributed by atoms with Gasteiger partial charge >= 0.3 is 11.9 Å². The second-order valence-corrected chi connectivity index (χ2v) is 17.2. The lowest BCUT2D eigenvalue weighted by molar-refractivity contribution is -0.161. The topological polar surface area (TPSA) is 72.8 Å². The third kappa shape index (κ3) is 49.7. The molecule has 5 heteroatoms. The molecule has 5 nitrogen and oxygen atoms in total. The first-order valence-corrected chi connectivity index (χ1v) is 26.1. The summed E-state index contributed by atoms with van der Waals surface area (Å²) in [6.45, 7) is 3.91. The minimum atomic E-state index is -0.781. The van der Waals surface area contributed by atoms with Crippen molar-refractivity contribution in [2.75, 3.05) is 13.2 Å². The van der Waals surface area contributed by atoms with Gasteiger partial charge in [0, 0.05) is 12.8 Å². The third-order valence-electron chi connectivity index (χ3n) is 11.2. The summed E-state index contributed by atoms with van der Waals surface area (Å²) in [7, 11) is 0. The summed E-state index contributed by atoms with van der Waals surface area (Å²) in [6, 6.07) is 0. The van der Waals surface area contributed by atoms with Crippen LogP contribution < -0.4 is 0 Å².